The van der Waals surface area contributed by atoms with Crippen molar-refractivity contribution >= 4 is 16.0 Å². The average Bonchev–Trinajstić information content (AvgIpc) is 2.80. The van der Waals surface area contributed by atoms with E-state index < -0.39 is 21.0 Å². The van der Waals surface area contributed by atoms with E-state index in [4.69, 9.17) is 9.94 Å². The van der Waals surface area contributed by atoms with Crippen molar-refractivity contribution in [3.8, 4) is 0 Å². The zero-order chi connectivity index (χ0) is 12.5. The molecule has 0 atom stereocenters. The van der Waals surface area contributed by atoms with E-state index in [9.17, 15) is 13.2 Å². The van der Waals surface area contributed by atoms with E-state index in [2.05, 4.69) is 10.2 Å². The predicted octanol–water partition coefficient (Wildman–Crippen LogP) is -0.176. The number of aromatic carboxylic acids is 1. The second-order valence-corrected chi connectivity index (χ2v) is 5.26. The quantitative estimate of drug-likeness (QED) is 0.780. The summed E-state index contributed by atoms with van der Waals surface area (Å²) >= 11 is 0. The molecule has 8 nitrogen and oxygen atoms in total. The number of hydroxylamine groups is 1. The zero-order valence-corrected chi connectivity index (χ0v) is 9.61. The zero-order valence-electron chi connectivity index (χ0n) is 8.79. The monoisotopic (exact) mass is 261 g/mol. The molecule has 1 aliphatic rings. The van der Waals surface area contributed by atoms with Crippen molar-refractivity contribution in [2.75, 3.05) is 13.2 Å². The number of H-pyrrole nitrogens is 1. The maximum atomic E-state index is 12.0. The van der Waals surface area contributed by atoms with E-state index in [1.807, 2.05) is 0 Å². The van der Waals surface area contributed by atoms with Gasteiger partial charge in [0.25, 0.3) is 10.0 Å². The van der Waals surface area contributed by atoms with Crippen LogP contribution in [0, 0.1) is 0 Å². The molecule has 0 aromatic carbocycles. The smallest absolute Gasteiger partial charge is 0.340 e. The van der Waals surface area contributed by atoms with Crippen LogP contribution in [0.5, 0.6) is 0 Å². The lowest BCUT2D eigenvalue weighted by atomic mass is 10.3. The molecule has 0 radical (unpaired) electrons. The van der Waals surface area contributed by atoms with Gasteiger partial charge < -0.3 is 5.11 Å². The van der Waals surface area contributed by atoms with Crippen LogP contribution in [-0.4, -0.2) is 47.3 Å². The van der Waals surface area contributed by atoms with Gasteiger partial charge in [-0.2, -0.15) is 5.10 Å². The number of carboxylic acids is 1. The van der Waals surface area contributed by atoms with E-state index >= 15 is 0 Å². The van der Waals surface area contributed by atoms with E-state index in [1.54, 1.807) is 0 Å². The molecule has 1 fully saturated rings. The number of nitrogens with zero attached hydrogens (tertiary/aromatic N) is 2. The summed E-state index contributed by atoms with van der Waals surface area (Å²) < 4.78 is 24.9. The molecule has 0 bridgehead atoms. The summed E-state index contributed by atoms with van der Waals surface area (Å²) in [5, 5.41) is 14.0. The minimum absolute atomic E-state index is 0.209. The van der Waals surface area contributed by atoms with Crippen molar-refractivity contribution in [1.29, 1.82) is 0 Å². The number of nitrogens with one attached hydrogen (secondary N) is 1. The summed E-state index contributed by atoms with van der Waals surface area (Å²) in [6, 6.07) is 0. The molecule has 94 valence electrons. The molecule has 0 unspecified atom stereocenters. The normalized spacial score (nSPS) is 18.1. The number of aromatic nitrogens is 2. The Hall–Kier alpha value is -1.45. The number of carbonyl (C=O) groups is 1. The number of rotatable bonds is 3. The average molecular weight is 261 g/mol. The minimum atomic E-state index is -3.98. The lowest BCUT2D eigenvalue weighted by Crippen LogP contribution is -2.36. The molecule has 9 heteroatoms. The van der Waals surface area contributed by atoms with Crippen molar-refractivity contribution in [2.45, 2.75) is 17.9 Å². The third-order valence-electron chi connectivity index (χ3n) is 2.33. The second-order valence-electron chi connectivity index (χ2n) is 3.49. The van der Waals surface area contributed by atoms with E-state index in [0.29, 0.717) is 13.0 Å². The summed E-state index contributed by atoms with van der Waals surface area (Å²) in [6.45, 7) is 0.510. The SMILES string of the molecule is O=C(O)c1cn[nH]c1S(=O)(=O)N1CCCCO1. The Bertz CT molecular complexity index is 517. The molecule has 1 aromatic heterocycles. The van der Waals surface area contributed by atoms with Gasteiger partial charge in [-0.1, -0.05) is 4.47 Å². The maximum absolute atomic E-state index is 12.0. The van der Waals surface area contributed by atoms with Crippen LogP contribution in [0.15, 0.2) is 11.2 Å². The van der Waals surface area contributed by atoms with Crippen LogP contribution in [0.3, 0.4) is 0 Å². The van der Waals surface area contributed by atoms with E-state index in [1.165, 1.54) is 0 Å². The van der Waals surface area contributed by atoms with E-state index in [-0.39, 0.29) is 12.1 Å². The summed E-state index contributed by atoms with van der Waals surface area (Å²) in [6.07, 6.45) is 2.41. The van der Waals surface area contributed by atoms with Gasteiger partial charge in [-0.15, -0.1) is 0 Å². The highest BCUT2D eigenvalue weighted by atomic mass is 32.2. The van der Waals surface area contributed by atoms with Crippen LogP contribution in [0.4, 0.5) is 0 Å². The van der Waals surface area contributed by atoms with Gasteiger partial charge in [0.05, 0.1) is 12.8 Å². The molecule has 1 aliphatic heterocycles. The van der Waals surface area contributed by atoms with Crippen LogP contribution in [0.25, 0.3) is 0 Å². The molecular formula is C8H11N3O5S. The fourth-order valence-corrected chi connectivity index (χ4v) is 2.86. The third-order valence-corrected chi connectivity index (χ3v) is 3.98. The molecule has 0 spiro atoms. The van der Waals surface area contributed by atoms with Gasteiger partial charge in [-0.05, 0) is 12.8 Å². The lowest BCUT2D eigenvalue weighted by molar-refractivity contribution is -0.109. The topological polar surface area (TPSA) is 113 Å². The molecule has 2 N–H and O–H groups in total. The molecule has 1 aromatic rings. The van der Waals surface area contributed by atoms with Gasteiger partial charge in [-0.25, -0.2) is 13.2 Å². The highest BCUT2D eigenvalue weighted by Crippen LogP contribution is 2.20. The third kappa shape index (κ3) is 2.16. The number of carboxylic acid groups (broad SMARTS) is 1. The predicted molar refractivity (Wildman–Crippen MR) is 54.6 cm³/mol. The van der Waals surface area contributed by atoms with Crippen LogP contribution in [-0.2, 0) is 14.9 Å². The van der Waals surface area contributed by atoms with Gasteiger partial charge in [0.15, 0.2) is 5.03 Å². The van der Waals surface area contributed by atoms with Crippen molar-refractivity contribution in [3.63, 3.8) is 0 Å². The fraction of sp³-hybridized carbons (Fsp3) is 0.500. The Kier molecular flexibility index (Phi) is 3.13. The first-order chi connectivity index (χ1) is 8.03. The molecule has 2 heterocycles. The molecular weight excluding hydrogens is 250 g/mol. The Morgan fingerprint density at radius 2 is 2.29 bits per heavy atom. The highest BCUT2D eigenvalue weighted by Gasteiger charge is 2.33. The Balaban J connectivity index is 2.37. The van der Waals surface area contributed by atoms with Gasteiger partial charge in [0.1, 0.15) is 5.56 Å². The van der Waals surface area contributed by atoms with Gasteiger partial charge in [-0.3, -0.25) is 9.94 Å². The van der Waals surface area contributed by atoms with Crippen LogP contribution in [0.2, 0.25) is 0 Å². The molecule has 0 aliphatic carbocycles. The Labute approximate surface area is 97.2 Å². The number of sulfonamides is 1. The first kappa shape index (κ1) is 12.0. The van der Waals surface area contributed by atoms with Crippen molar-refractivity contribution in [1.82, 2.24) is 14.7 Å². The minimum Gasteiger partial charge on any atom is -0.478 e. The molecule has 17 heavy (non-hydrogen) atoms. The van der Waals surface area contributed by atoms with Gasteiger partial charge >= 0.3 is 5.97 Å². The first-order valence-corrected chi connectivity index (χ1v) is 6.40. The summed E-state index contributed by atoms with van der Waals surface area (Å²) in [5.41, 5.74) is -0.390. The maximum Gasteiger partial charge on any atom is 0.340 e. The highest BCUT2D eigenvalue weighted by molar-refractivity contribution is 7.89. The Morgan fingerprint density at radius 1 is 1.53 bits per heavy atom. The van der Waals surface area contributed by atoms with Gasteiger partial charge in [0, 0.05) is 6.54 Å². The molecule has 0 amide bonds. The van der Waals surface area contributed by atoms with Crippen LogP contribution >= 0.6 is 0 Å². The van der Waals surface area contributed by atoms with Crippen molar-refractivity contribution in [3.05, 3.63) is 11.8 Å². The lowest BCUT2D eigenvalue weighted by Gasteiger charge is -2.24. The van der Waals surface area contributed by atoms with Crippen LogP contribution < -0.4 is 0 Å². The Morgan fingerprint density at radius 3 is 2.88 bits per heavy atom. The van der Waals surface area contributed by atoms with Gasteiger partial charge in [0.2, 0.25) is 0 Å². The van der Waals surface area contributed by atoms with Crippen molar-refractivity contribution < 1.29 is 23.2 Å². The first-order valence-electron chi connectivity index (χ1n) is 4.96. The standard InChI is InChI=1S/C8H11N3O5S/c12-8(13)6-5-9-10-7(6)17(14,15)11-3-1-2-4-16-11/h5H,1-4H2,(H,9,10)(H,12,13). The number of hydrogen-bond donors (Lipinski definition) is 2. The molecule has 2 rings (SSSR count). The number of aromatic amines is 1. The molecule has 1 saturated heterocycles. The summed E-state index contributed by atoms with van der Waals surface area (Å²) in [7, 11) is -3.98. The second kappa shape index (κ2) is 4.43. The van der Waals surface area contributed by atoms with Crippen LogP contribution in [0.1, 0.15) is 23.2 Å². The summed E-state index contributed by atoms with van der Waals surface area (Å²) in [4.78, 5) is 15.8. The number of hydrogen-bond acceptors (Lipinski definition) is 5. The summed E-state index contributed by atoms with van der Waals surface area (Å²) in [5.74, 6) is -1.35. The van der Waals surface area contributed by atoms with Crippen molar-refractivity contribution in [2.24, 2.45) is 0 Å². The van der Waals surface area contributed by atoms with E-state index in [0.717, 1.165) is 17.1 Å². The fourth-order valence-electron chi connectivity index (χ4n) is 1.49. The molecule has 0 saturated carbocycles. The largest absolute Gasteiger partial charge is 0.478 e.